The van der Waals surface area contributed by atoms with E-state index in [2.05, 4.69) is 29.8 Å². The highest BCUT2D eigenvalue weighted by Gasteiger charge is 2.27. The Hall–Kier alpha value is -2.16. The number of rotatable bonds is 6. The third-order valence-electron chi connectivity index (χ3n) is 4.48. The second-order valence-electron chi connectivity index (χ2n) is 6.55. The first kappa shape index (κ1) is 17.7. The van der Waals surface area contributed by atoms with E-state index < -0.39 is 0 Å². The van der Waals surface area contributed by atoms with Crippen molar-refractivity contribution >= 4 is 16.6 Å². The van der Waals surface area contributed by atoms with E-state index >= 15 is 0 Å². The molecule has 0 bridgehead atoms. The van der Waals surface area contributed by atoms with Crippen molar-refractivity contribution in [1.82, 2.24) is 4.98 Å². The van der Waals surface area contributed by atoms with Gasteiger partial charge in [0, 0.05) is 37.0 Å². The minimum atomic E-state index is 0.0583. The summed E-state index contributed by atoms with van der Waals surface area (Å²) in [6, 6.07) is 10.1. The molecule has 0 aliphatic carbocycles. The van der Waals surface area contributed by atoms with Gasteiger partial charge in [-0.25, -0.2) is 0 Å². The van der Waals surface area contributed by atoms with Crippen molar-refractivity contribution in [3.63, 3.8) is 0 Å². The van der Waals surface area contributed by atoms with Crippen molar-refractivity contribution in [3.8, 4) is 6.07 Å². The van der Waals surface area contributed by atoms with Crippen molar-refractivity contribution in [2.75, 3.05) is 31.2 Å². The number of ether oxygens (including phenoxy) is 2. The van der Waals surface area contributed by atoms with Gasteiger partial charge in [-0.2, -0.15) is 5.26 Å². The number of hydrogen-bond donors (Lipinski definition) is 0. The fourth-order valence-corrected chi connectivity index (χ4v) is 3.32. The van der Waals surface area contributed by atoms with Crippen LogP contribution in [0.1, 0.15) is 32.3 Å². The lowest BCUT2D eigenvalue weighted by Crippen LogP contribution is -2.48. The van der Waals surface area contributed by atoms with Crippen molar-refractivity contribution in [2.24, 2.45) is 0 Å². The Balaban J connectivity index is 1.81. The van der Waals surface area contributed by atoms with E-state index in [4.69, 9.17) is 9.47 Å². The molecule has 2 aromatic rings. The average molecular weight is 339 g/mol. The molecular formula is C20H25N3O2. The molecule has 1 saturated heterocycles. The van der Waals surface area contributed by atoms with Crippen molar-refractivity contribution < 1.29 is 9.47 Å². The Kier molecular flexibility index (Phi) is 5.85. The van der Waals surface area contributed by atoms with Gasteiger partial charge in [0.15, 0.2) is 0 Å². The minimum absolute atomic E-state index is 0.0583. The van der Waals surface area contributed by atoms with Gasteiger partial charge < -0.3 is 14.4 Å². The molecule has 0 unspecified atom stereocenters. The Bertz CT molecular complexity index is 756. The second kappa shape index (κ2) is 8.28. The number of nitriles is 1. The molecule has 132 valence electrons. The Morgan fingerprint density at radius 3 is 3.04 bits per heavy atom. The van der Waals surface area contributed by atoms with E-state index in [0.717, 1.165) is 49.1 Å². The molecule has 0 saturated carbocycles. The Morgan fingerprint density at radius 1 is 1.36 bits per heavy atom. The first-order chi connectivity index (χ1) is 12.2. The summed E-state index contributed by atoms with van der Waals surface area (Å²) in [4.78, 5) is 6.74. The predicted molar refractivity (Wildman–Crippen MR) is 98.7 cm³/mol. The van der Waals surface area contributed by atoms with Crippen LogP contribution < -0.4 is 4.90 Å². The van der Waals surface area contributed by atoms with E-state index in [1.165, 1.54) is 0 Å². The Labute approximate surface area is 149 Å². The predicted octanol–water partition coefficient (Wildman–Crippen LogP) is 3.52. The summed E-state index contributed by atoms with van der Waals surface area (Å²) >= 11 is 0. The number of fused-ring (bicyclic) bond motifs is 1. The summed E-state index contributed by atoms with van der Waals surface area (Å²) in [6.45, 7) is 7.26. The number of hydrogen-bond acceptors (Lipinski definition) is 5. The number of unbranched alkanes of at least 4 members (excludes halogenated alkanes) is 1. The van der Waals surface area contributed by atoms with Gasteiger partial charge in [-0.3, -0.25) is 4.98 Å². The second-order valence-corrected chi connectivity index (χ2v) is 6.55. The third kappa shape index (κ3) is 4.09. The van der Waals surface area contributed by atoms with Gasteiger partial charge in [-0.05, 0) is 37.6 Å². The molecule has 1 aromatic heterocycles. The molecule has 0 spiro atoms. The highest BCUT2D eigenvalue weighted by atomic mass is 16.5. The summed E-state index contributed by atoms with van der Waals surface area (Å²) < 4.78 is 11.8. The topological polar surface area (TPSA) is 58.4 Å². The van der Waals surface area contributed by atoms with Crippen LogP contribution in [0.5, 0.6) is 0 Å². The largest absolute Gasteiger partial charge is 0.379 e. The van der Waals surface area contributed by atoms with Crippen LogP contribution in [-0.4, -0.2) is 43.5 Å². The van der Waals surface area contributed by atoms with E-state index in [-0.39, 0.29) is 12.2 Å². The van der Waals surface area contributed by atoms with Gasteiger partial charge in [0.2, 0.25) is 0 Å². The fraction of sp³-hybridized carbons (Fsp3) is 0.500. The number of pyridine rings is 1. The average Bonchev–Trinajstić information content (AvgIpc) is 2.64. The van der Waals surface area contributed by atoms with E-state index in [1.807, 2.05) is 24.3 Å². The molecule has 1 aromatic carbocycles. The summed E-state index contributed by atoms with van der Waals surface area (Å²) in [6.07, 6.45) is 4.15. The number of nitrogens with zero attached hydrogens (tertiary/aromatic N) is 3. The fourth-order valence-electron chi connectivity index (χ4n) is 3.32. The maximum absolute atomic E-state index is 9.32. The standard InChI is InChI=1S/C20H25N3O2/c1-3-4-10-24-14-17-13-23(12-15(2)25-17)19-8-7-16(11-21)20-18(19)6-5-9-22-20/h5-9,15,17H,3-4,10,12-14H2,1-2H3/t15-,17-/m1/s1. The summed E-state index contributed by atoms with van der Waals surface area (Å²) in [5.41, 5.74) is 2.48. The zero-order valence-corrected chi connectivity index (χ0v) is 14.9. The molecule has 0 radical (unpaired) electrons. The molecular weight excluding hydrogens is 314 g/mol. The van der Waals surface area contributed by atoms with Crippen LogP contribution >= 0.6 is 0 Å². The lowest BCUT2D eigenvalue weighted by Gasteiger charge is -2.38. The summed E-state index contributed by atoms with van der Waals surface area (Å²) in [7, 11) is 0. The number of benzene rings is 1. The number of anilines is 1. The molecule has 0 N–H and O–H groups in total. The van der Waals surface area contributed by atoms with Crippen LogP contribution in [0.2, 0.25) is 0 Å². The van der Waals surface area contributed by atoms with Gasteiger partial charge in [0.25, 0.3) is 0 Å². The van der Waals surface area contributed by atoms with Crippen LogP contribution in [0.25, 0.3) is 10.9 Å². The zero-order chi connectivity index (χ0) is 17.6. The number of morpholine rings is 1. The molecule has 1 fully saturated rings. The number of aromatic nitrogens is 1. The summed E-state index contributed by atoms with van der Waals surface area (Å²) in [5, 5.41) is 10.3. The molecule has 2 heterocycles. The molecule has 3 rings (SSSR count). The van der Waals surface area contributed by atoms with Crippen molar-refractivity contribution in [1.29, 1.82) is 5.26 Å². The SMILES string of the molecule is CCCCOC[C@H]1CN(c2ccc(C#N)c3ncccc23)C[C@@H](C)O1. The molecule has 0 amide bonds. The third-order valence-corrected chi connectivity index (χ3v) is 4.48. The molecule has 2 atom stereocenters. The highest BCUT2D eigenvalue weighted by Crippen LogP contribution is 2.30. The minimum Gasteiger partial charge on any atom is -0.379 e. The van der Waals surface area contributed by atoms with Crippen molar-refractivity contribution in [3.05, 3.63) is 36.0 Å². The maximum Gasteiger partial charge on any atom is 0.101 e. The van der Waals surface area contributed by atoms with E-state index in [0.29, 0.717) is 12.2 Å². The van der Waals surface area contributed by atoms with Crippen LogP contribution in [-0.2, 0) is 9.47 Å². The van der Waals surface area contributed by atoms with Crippen molar-refractivity contribution in [2.45, 2.75) is 38.9 Å². The van der Waals surface area contributed by atoms with Crippen LogP contribution in [0.4, 0.5) is 5.69 Å². The maximum atomic E-state index is 9.32. The van der Waals surface area contributed by atoms with Gasteiger partial charge >= 0.3 is 0 Å². The molecule has 1 aliphatic heterocycles. The quantitative estimate of drug-likeness (QED) is 0.754. The van der Waals surface area contributed by atoms with Crippen LogP contribution in [0, 0.1) is 11.3 Å². The normalized spacial score (nSPS) is 20.6. The van der Waals surface area contributed by atoms with E-state index in [9.17, 15) is 5.26 Å². The van der Waals surface area contributed by atoms with Crippen LogP contribution in [0.3, 0.4) is 0 Å². The lowest BCUT2D eigenvalue weighted by atomic mass is 10.1. The first-order valence-corrected chi connectivity index (χ1v) is 8.99. The molecule has 25 heavy (non-hydrogen) atoms. The zero-order valence-electron chi connectivity index (χ0n) is 14.9. The lowest BCUT2D eigenvalue weighted by molar-refractivity contribution is -0.0602. The molecule has 1 aliphatic rings. The van der Waals surface area contributed by atoms with E-state index in [1.54, 1.807) is 6.20 Å². The van der Waals surface area contributed by atoms with Gasteiger partial charge in [-0.1, -0.05) is 13.3 Å². The van der Waals surface area contributed by atoms with Gasteiger partial charge in [-0.15, -0.1) is 0 Å². The Morgan fingerprint density at radius 2 is 2.24 bits per heavy atom. The van der Waals surface area contributed by atoms with Gasteiger partial charge in [0.05, 0.1) is 29.9 Å². The smallest absolute Gasteiger partial charge is 0.101 e. The summed E-state index contributed by atoms with van der Waals surface area (Å²) in [5.74, 6) is 0. The van der Waals surface area contributed by atoms with Gasteiger partial charge in [0.1, 0.15) is 6.07 Å². The highest BCUT2D eigenvalue weighted by molar-refractivity contribution is 5.95. The molecule has 5 heteroatoms. The van der Waals surface area contributed by atoms with Crippen LogP contribution in [0.15, 0.2) is 30.5 Å². The molecule has 5 nitrogen and oxygen atoms in total. The first-order valence-electron chi connectivity index (χ1n) is 8.99. The monoisotopic (exact) mass is 339 g/mol.